The van der Waals surface area contributed by atoms with Gasteiger partial charge in [-0.25, -0.2) is 9.78 Å². The van der Waals surface area contributed by atoms with Crippen molar-refractivity contribution in [3.05, 3.63) is 45.9 Å². The van der Waals surface area contributed by atoms with Crippen LogP contribution in [0.2, 0.25) is 0 Å². The average Bonchev–Trinajstić information content (AvgIpc) is 2.99. The number of carbonyl (C=O) groups is 1. The van der Waals surface area contributed by atoms with Crippen LogP contribution in [-0.4, -0.2) is 11.0 Å². The van der Waals surface area contributed by atoms with Crippen molar-refractivity contribution in [2.24, 2.45) is 0 Å². The molecule has 0 radical (unpaired) electrons. The van der Waals surface area contributed by atoms with Crippen LogP contribution in [-0.2, 0) is 0 Å². The van der Waals surface area contributed by atoms with Crippen LogP contribution >= 0.6 is 11.3 Å². The van der Waals surface area contributed by atoms with E-state index in [-0.39, 0.29) is 12.1 Å². The van der Waals surface area contributed by atoms with Crippen LogP contribution in [0.1, 0.15) is 30.2 Å². The molecule has 6 heteroatoms. The second kappa shape index (κ2) is 4.55. The fourth-order valence-electron chi connectivity index (χ4n) is 2.15. The Morgan fingerprint density at radius 1 is 1.42 bits per heavy atom. The summed E-state index contributed by atoms with van der Waals surface area (Å²) in [5, 5.41) is 9.66. The Balaban J connectivity index is 2.10. The molecule has 0 saturated carbocycles. The molecule has 0 bridgehead atoms. The van der Waals surface area contributed by atoms with Crippen LogP contribution < -0.4 is 10.6 Å². The fourth-order valence-corrected chi connectivity index (χ4v) is 2.83. The van der Waals surface area contributed by atoms with Crippen molar-refractivity contribution < 1.29 is 9.21 Å². The Morgan fingerprint density at radius 3 is 2.89 bits per heavy atom. The topological polar surface area (TPSA) is 67.2 Å². The zero-order valence-corrected chi connectivity index (χ0v) is 11.4. The number of urea groups is 1. The van der Waals surface area contributed by atoms with Crippen LogP contribution in [0.5, 0.6) is 0 Å². The fraction of sp³-hybridized carbons (Fsp3) is 0.231. The van der Waals surface area contributed by atoms with E-state index in [9.17, 15) is 4.79 Å². The highest BCUT2D eigenvalue weighted by molar-refractivity contribution is 7.08. The number of amides is 2. The van der Waals surface area contributed by atoms with E-state index >= 15 is 0 Å². The molecule has 3 rings (SSSR count). The second-order valence-electron chi connectivity index (χ2n) is 4.40. The number of aromatic nitrogens is 1. The number of oxazole rings is 1. The molecule has 3 heterocycles. The molecule has 1 unspecified atom stereocenters. The largest absolute Gasteiger partial charge is 0.442 e. The summed E-state index contributed by atoms with van der Waals surface area (Å²) < 4.78 is 5.60. The van der Waals surface area contributed by atoms with Crippen molar-refractivity contribution >= 4 is 22.9 Å². The molecule has 2 N–H and O–H groups in total. The van der Waals surface area contributed by atoms with Crippen LogP contribution in [0.3, 0.4) is 0 Å². The number of hydrogen-bond donors (Lipinski definition) is 2. The molecule has 2 aromatic rings. The predicted octanol–water partition coefficient (Wildman–Crippen LogP) is 2.83. The van der Waals surface area contributed by atoms with Gasteiger partial charge >= 0.3 is 6.03 Å². The smallest absolute Gasteiger partial charge is 0.319 e. The molecule has 1 aliphatic heterocycles. The summed E-state index contributed by atoms with van der Waals surface area (Å²) >= 11 is 1.59. The Hall–Kier alpha value is -2.08. The predicted molar refractivity (Wildman–Crippen MR) is 72.6 cm³/mol. The molecule has 0 spiro atoms. The monoisotopic (exact) mass is 275 g/mol. The lowest BCUT2D eigenvalue weighted by Crippen LogP contribution is -2.42. The summed E-state index contributed by atoms with van der Waals surface area (Å²) in [6.45, 7) is 3.70. The number of allylic oxidation sites excluding steroid dienone is 1. The zero-order chi connectivity index (χ0) is 13.4. The number of rotatable bonds is 2. The molecule has 0 fully saturated rings. The van der Waals surface area contributed by atoms with Gasteiger partial charge in [0.05, 0.1) is 17.8 Å². The molecule has 0 aliphatic carbocycles. The number of aryl methyl sites for hydroxylation is 1. The number of hydrogen-bond acceptors (Lipinski definition) is 4. The summed E-state index contributed by atoms with van der Waals surface area (Å²) in [5.74, 6) is 1.29. The van der Waals surface area contributed by atoms with E-state index in [1.54, 1.807) is 17.5 Å². The maximum absolute atomic E-state index is 11.7. The highest BCUT2D eigenvalue weighted by Crippen LogP contribution is 2.34. The molecule has 1 atom stereocenters. The van der Waals surface area contributed by atoms with Gasteiger partial charge in [0, 0.05) is 5.70 Å². The number of thiophene rings is 1. The second-order valence-corrected chi connectivity index (χ2v) is 5.18. The normalized spacial score (nSPS) is 19.3. The van der Waals surface area contributed by atoms with Crippen LogP contribution in [0.25, 0.3) is 5.57 Å². The molecule has 2 amide bonds. The third-order valence-electron chi connectivity index (χ3n) is 3.00. The highest BCUT2D eigenvalue weighted by Gasteiger charge is 2.30. The standard InChI is InChI=1S/C13H13N3O2S/c1-7-5-14-12(18-7)10-8(2)15-13(17)16-11(10)9-3-4-19-6-9/h3-6,11H,1-2H3,(H2,15,16,17). The van der Waals surface area contributed by atoms with E-state index in [4.69, 9.17) is 4.42 Å². The van der Waals surface area contributed by atoms with Gasteiger partial charge in [-0.1, -0.05) is 0 Å². The molecule has 5 nitrogen and oxygen atoms in total. The van der Waals surface area contributed by atoms with E-state index in [1.165, 1.54) is 0 Å². The Morgan fingerprint density at radius 2 is 2.26 bits per heavy atom. The lowest BCUT2D eigenvalue weighted by molar-refractivity contribution is 0.240. The number of nitrogens with one attached hydrogen (secondary N) is 2. The van der Waals surface area contributed by atoms with Crippen LogP contribution in [0.15, 0.2) is 33.1 Å². The first-order valence-electron chi connectivity index (χ1n) is 5.88. The van der Waals surface area contributed by atoms with Gasteiger partial charge in [0.2, 0.25) is 5.89 Å². The van der Waals surface area contributed by atoms with Crippen LogP contribution in [0, 0.1) is 6.92 Å². The van der Waals surface area contributed by atoms with E-state index < -0.39 is 0 Å². The van der Waals surface area contributed by atoms with Gasteiger partial charge in [-0.15, -0.1) is 0 Å². The zero-order valence-electron chi connectivity index (χ0n) is 10.6. The number of nitrogens with zero attached hydrogens (tertiary/aromatic N) is 1. The lowest BCUT2D eigenvalue weighted by atomic mass is 9.98. The Labute approximate surface area is 114 Å². The summed E-state index contributed by atoms with van der Waals surface area (Å²) in [5.41, 5.74) is 2.66. The van der Waals surface area contributed by atoms with Crippen molar-refractivity contribution in [3.63, 3.8) is 0 Å². The molecule has 19 heavy (non-hydrogen) atoms. The van der Waals surface area contributed by atoms with Gasteiger partial charge in [0.1, 0.15) is 5.76 Å². The van der Waals surface area contributed by atoms with Crippen molar-refractivity contribution in [2.75, 3.05) is 0 Å². The minimum atomic E-state index is -0.224. The van der Waals surface area contributed by atoms with Gasteiger partial charge in [0.25, 0.3) is 0 Å². The van der Waals surface area contributed by atoms with Crippen molar-refractivity contribution in [1.29, 1.82) is 0 Å². The van der Waals surface area contributed by atoms with Gasteiger partial charge < -0.3 is 15.1 Å². The lowest BCUT2D eigenvalue weighted by Gasteiger charge is -2.26. The summed E-state index contributed by atoms with van der Waals surface area (Å²) in [6, 6.07) is 1.56. The maximum Gasteiger partial charge on any atom is 0.319 e. The molecular formula is C13H13N3O2S. The first kappa shape index (κ1) is 12.0. The number of carbonyl (C=O) groups excluding carboxylic acids is 1. The highest BCUT2D eigenvalue weighted by atomic mass is 32.1. The summed E-state index contributed by atoms with van der Waals surface area (Å²) in [4.78, 5) is 15.9. The third-order valence-corrected chi connectivity index (χ3v) is 3.70. The van der Waals surface area contributed by atoms with Gasteiger partial charge in [-0.2, -0.15) is 11.3 Å². The molecule has 2 aromatic heterocycles. The minimum Gasteiger partial charge on any atom is -0.442 e. The van der Waals surface area contributed by atoms with Gasteiger partial charge in [0.15, 0.2) is 0 Å². The third kappa shape index (κ3) is 2.15. The van der Waals surface area contributed by atoms with E-state index in [0.717, 1.165) is 22.6 Å². The van der Waals surface area contributed by atoms with E-state index in [0.29, 0.717) is 5.89 Å². The van der Waals surface area contributed by atoms with Crippen molar-refractivity contribution in [1.82, 2.24) is 15.6 Å². The van der Waals surface area contributed by atoms with Crippen molar-refractivity contribution in [3.8, 4) is 0 Å². The SMILES string of the molecule is CC1=C(c2ncc(C)o2)C(c2ccsc2)NC(=O)N1. The maximum atomic E-state index is 11.7. The molecular weight excluding hydrogens is 262 g/mol. The van der Waals surface area contributed by atoms with E-state index in [1.807, 2.05) is 30.7 Å². The minimum absolute atomic E-state index is 0.208. The quantitative estimate of drug-likeness (QED) is 0.885. The molecule has 1 aliphatic rings. The first-order valence-corrected chi connectivity index (χ1v) is 6.82. The summed E-state index contributed by atoms with van der Waals surface area (Å²) in [7, 11) is 0. The van der Waals surface area contributed by atoms with E-state index in [2.05, 4.69) is 15.6 Å². The average molecular weight is 275 g/mol. The van der Waals surface area contributed by atoms with Gasteiger partial charge in [-0.05, 0) is 36.2 Å². The summed E-state index contributed by atoms with van der Waals surface area (Å²) in [6.07, 6.45) is 1.68. The van der Waals surface area contributed by atoms with Crippen molar-refractivity contribution in [2.45, 2.75) is 19.9 Å². The molecule has 0 aromatic carbocycles. The van der Waals surface area contributed by atoms with Gasteiger partial charge in [-0.3, -0.25) is 0 Å². The molecule has 0 saturated heterocycles. The first-order chi connectivity index (χ1) is 9.15. The Bertz CT molecular complexity index is 643. The Kier molecular flexibility index (Phi) is 2.87. The van der Waals surface area contributed by atoms with Crippen LogP contribution in [0.4, 0.5) is 4.79 Å². The molecule has 98 valence electrons.